The molecule has 1 aliphatic rings. The monoisotopic (exact) mass is 345 g/mol. The number of aromatic nitrogens is 1. The molecule has 2 heterocycles. The highest BCUT2D eigenvalue weighted by Gasteiger charge is 2.12. The van der Waals surface area contributed by atoms with E-state index in [1.165, 1.54) is 37.3 Å². The van der Waals surface area contributed by atoms with Crippen molar-refractivity contribution in [2.45, 2.75) is 12.8 Å². The zero-order valence-corrected chi connectivity index (χ0v) is 15.0. The number of rotatable bonds is 5. The first-order valence-electron chi connectivity index (χ1n) is 9.07. The summed E-state index contributed by atoms with van der Waals surface area (Å²) in [5.74, 6) is 1.39. The number of nitrogens with zero attached hydrogens (tertiary/aromatic N) is 3. The van der Waals surface area contributed by atoms with Crippen LogP contribution in [0.3, 0.4) is 0 Å². The van der Waals surface area contributed by atoms with Gasteiger partial charge in [0, 0.05) is 49.5 Å². The first-order chi connectivity index (χ1) is 12.8. The second-order valence-electron chi connectivity index (χ2n) is 6.53. The van der Waals surface area contributed by atoms with Crippen LogP contribution in [0.4, 0.5) is 17.1 Å². The molecular weight excluding hydrogens is 322 g/mol. The standard InChI is InChI=1S/C22H23N3O/c1-24(18-7-9-20(10-8-18)25-16-4-5-17-25)19-11-13-21(14-12-19)26-22-6-2-3-15-23-22/h2-3,6-15H,4-5,16-17H2,1H3. The second-order valence-corrected chi connectivity index (χ2v) is 6.53. The molecule has 1 fully saturated rings. The van der Waals surface area contributed by atoms with Crippen LogP contribution in [0.1, 0.15) is 12.8 Å². The van der Waals surface area contributed by atoms with Gasteiger partial charge in [-0.1, -0.05) is 6.07 Å². The second kappa shape index (κ2) is 7.48. The van der Waals surface area contributed by atoms with Crippen LogP contribution >= 0.6 is 0 Å². The van der Waals surface area contributed by atoms with Gasteiger partial charge in [-0.05, 0) is 67.4 Å². The smallest absolute Gasteiger partial charge is 0.219 e. The summed E-state index contributed by atoms with van der Waals surface area (Å²) in [6.07, 6.45) is 4.33. The van der Waals surface area contributed by atoms with Crippen molar-refractivity contribution in [2.24, 2.45) is 0 Å². The maximum Gasteiger partial charge on any atom is 0.219 e. The Balaban J connectivity index is 1.45. The molecule has 132 valence electrons. The molecule has 4 heteroatoms. The summed E-state index contributed by atoms with van der Waals surface area (Å²) in [6, 6.07) is 22.5. The minimum atomic E-state index is 0.603. The van der Waals surface area contributed by atoms with Crippen LogP contribution in [0.2, 0.25) is 0 Å². The van der Waals surface area contributed by atoms with E-state index in [9.17, 15) is 0 Å². The lowest BCUT2D eigenvalue weighted by Gasteiger charge is -2.22. The lowest BCUT2D eigenvalue weighted by atomic mass is 10.2. The zero-order chi connectivity index (χ0) is 17.8. The molecule has 1 aliphatic heterocycles. The van der Waals surface area contributed by atoms with Crippen LogP contribution in [-0.4, -0.2) is 25.1 Å². The van der Waals surface area contributed by atoms with Crippen LogP contribution in [0.25, 0.3) is 0 Å². The Bertz CT molecular complexity index is 826. The summed E-state index contributed by atoms with van der Waals surface area (Å²) in [5, 5.41) is 0. The molecule has 0 amide bonds. The third kappa shape index (κ3) is 3.64. The van der Waals surface area contributed by atoms with Gasteiger partial charge in [0.15, 0.2) is 0 Å². The van der Waals surface area contributed by atoms with Gasteiger partial charge >= 0.3 is 0 Å². The van der Waals surface area contributed by atoms with E-state index in [1.807, 2.05) is 30.3 Å². The van der Waals surface area contributed by atoms with Gasteiger partial charge in [0.05, 0.1) is 0 Å². The average Bonchev–Trinajstić information content (AvgIpc) is 3.24. The fraction of sp³-hybridized carbons (Fsp3) is 0.227. The van der Waals surface area contributed by atoms with Crippen LogP contribution in [0.15, 0.2) is 72.9 Å². The molecule has 2 aromatic carbocycles. The Morgan fingerprint density at radius 3 is 2.12 bits per heavy atom. The highest BCUT2D eigenvalue weighted by atomic mass is 16.5. The molecule has 0 bridgehead atoms. The number of hydrogen-bond donors (Lipinski definition) is 0. The van der Waals surface area contributed by atoms with E-state index >= 15 is 0 Å². The summed E-state index contributed by atoms with van der Waals surface area (Å²) in [4.78, 5) is 8.81. The largest absolute Gasteiger partial charge is 0.439 e. The Morgan fingerprint density at radius 1 is 0.846 bits per heavy atom. The van der Waals surface area contributed by atoms with Crippen LogP contribution < -0.4 is 14.5 Å². The van der Waals surface area contributed by atoms with Crippen LogP contribution in [0.5, 0.6) is 11.6 Å². The number of benzene rings is 2. The molecule has 0 spiro atoms. The number of hydrogen-bond acceptors (Lipinski definition) is 4. The summed E-state index contributed by atoms with van der Waals surface area (Å²) in [7, 11) is 2.08. The molecule has 26 heavy (non-hydrogen) atoms. The molecule has 0 unspecified atom stereocenters. The highest BCUT2D eigenvalue weighted by molar-refractivity contribution is 5.65. The lowest BCUT2D eigenvalue weighted by molar-refractivity contribution is 0.463. The molecule has 3 aromatic rings. The van der Waals surface area contributed by atoms with Gasteiger partial charge in [-0.15, -0.1) is 0 Å². The van der Waals surface area contributed by atoms with E-state index in [0.717, 1.165) is 11.4 Å². The minimum absolute atomic E-state index is 0.603. The predicted molar refractivity (Wildman–Crippen MR) is 107 cm³/mol. The van der Waals surface area contributed by atoms with Crippen LogP contribution in [0, 0.1) is 0 Å². The topological polar surface area (TPSA) is 28.6 Å². The van der Waals surface area contributed by atoms with Gasteiger partial charge in [-0.3, -0.25) is 0 Å². The number of pyridine rings is 1. The van der Waals surface area contributed by atoms with Crippen molar-refractivity contribution in [2.75, 3.05) is 29.9 Å². The minimum Gasteiger partial charge on any atom is -0.439 e. The van der Waals surface area contributed by atoms with Gasteiger partial charge in [0.25, 0.3) is 0 Å². The van der Waals surface area contributed by atoms with Gasteiger partial charge in [-0.25, -0.2) is 4.98 Å². The third-order valence-corrected chi connectivity index (χ3v) is 4.79. The molecule has 0 aliphatic carbocycles. The molecule has 0 atom stereocenters. The van der Waals surface area contributed by atoms with Gasteiger partial charge in [-0.2, -0.15) is 0 Å². The quantitative estimate of drug-likeness (QED) is 0.632. The summed E-state index contributed by atoms with van der Waals surface area (Å²) < 4.78 is 5.76. The van der Waals surface area contributed by atoms with Crippen molar-refractivity contribution in [3.8, 4) is 11.6 Å². The van der Waals surface area contributed by atoms with Crippen molar-refractivity contribution in [1.82, 2.24) is 4.98 Å². The average molecular weight is 345 g/mol. The van der Waals surface area contributed by atoms with Crippen molar-refractivity contribution >= 4 is 17.1 Å². The summed E-state index contributed by atoms with van der Waals surface area (Å²) >= 11 is 0. The van der Waals surface area contributed by atoms with E-state index in [1.54, 1.807) is 6.20 Å². The number of anilines is 3. The lowest BCUT2D eigenvalue weighted by Crippen LogP contribution is -2.17. The Morgan fingerprint density at radius 2 is 1.50 bits per heavy atom. The van der Waals surface area contributed by atoms with E-state index in [2.05, 4.69) is 58.2 Å². The molecule has 4 nitrogen and oxygen atoms in total. The summed E-state index contributed by atoms with van der Waals surface area (Å²) in [5.41, 5.74) is 3.61. The Labute approximate surface area is 154 Å². The van der Waals surface area contributed by atoms with Crippen molar-refractivity contribution in [1.29, 1.82) is 0 Å². The molecule has 0 N–H and O–H groups in total. The summed E-state index contributed by atoms with van der Waals surface area (Å²) in [6.45, 7) is 2.35. The van der Waals surface area contributed by atoms with Crippen molar-refractivity contribution < 1.29 is 4.74 Å². The predicted octanol–water partition coefficient (Wildman–Crippen LogP) is 5.24. The Kier molecular flexibility index (Phi) is 4.73. The van der Waals surface area contributed by atoms with Crippen molar-refractivity contribution in [3.05, 3.63) is 72.9 Å². The first-order valence-corrected chi connectivity index (χ1v) is 9.07. The van der Waals surface area contributed by atoms with Crippen LogP contribution in [-0.2, 0) is 0 Å². The van der Waals surface area contributed by atoms with Gasteiger partial charge in [0.1, 0.15) is 5.75 Å². The molecule has 4 rings (SSSR count). The fourth-order valence-electron chi connectivity index (χ4n) is 3.28. The van der Waals surface area contributed by atoms with E-state index in [0.29, 0.717) is 5.88 Å². The third-order valence-electron chi connectivity index (χ3n) is 4.79. The normalized spacial score (nSPS) is 13.7. The van der Waals surface area contributed by atoms with Crippen molar-refractivity contribution in [3.63, 3.8) is 0 Å². The van der Waals surface area contributed by atoms with Gasteiger partial charge in [0.2, 0.25) is 5.88 Å². The van der Waals surface area contributed by atoms with Gasteiger partial charge < -0.3 is 14.5 Å². The highest BCUT2D eigenvalue weighted by Crippen LogP contribution is 2.29. The Hall–Kier alpha value is -3.01. The maximum absolute atomic E-state index is 5.76. The van der Waals surface area contributed by atoms with E-state index in [4.69, 9.17) is 4.74 Å². The zero-order valence-electron chi connectivity index (χ0n) is 15.0. The maximum atomic E-state index is 5.76. The molecular formula is C22H23N3O. The molecule has 1 saturated heterocycles. The first kappa shape index (κ1) is 16.5. The fourth-order valence-corrected chi connectivity index (χ4v) is 3.28. The SMILES string of the molecule is CN(c1ccc(Oc2ccccn2)cc1)c1ccc(N2CCCC2)cc1. The molecule has 1 aromatic heterocycles. The van der Waals surface area contributed by atoms with E-state index in [-0.39, 0.29) is 0 Å². The molecule has 0 radical (unpaired) electrons. The van der Waals surface area contributed by atoms with E-state index < -0.39 is 0 Å². The molecule has 0 saturated carbocycles. The number of ether oxygens (including phenoxy) is 1.